The van der Waals surface area contributed by atoms with Crippen molar-refractivity contribution in [2.75, 3.05) is 26.3 Å². The number of rotatable bonds is 3. The van der Waals surface area contributed by atoms with Gasteiger partial charge in [-0.3, -0.25) is 9.69 Å². The molecule has 3 nitrogen and oxygen atoms in total. The highest BCUT2D eigenvalue weighted by molar-refractivity contribution is 5.72. The van der Waals surface area contributed by atoms with Crippen LogP contribution in [0.25, 0.3) is 0 Å². The average Bonchev–Trinajstić information content (AvgIpc) is 1.94. The summed E-state index contributed by atoms with van der Waals surface area (Å²) in [6.45, 7) is 7.13. The molecule has 0 unspecified atom stereocenters. The number of hydrogen-bond donors (Lipinski definition) is 0. The van der Waals surface area contributed by atoms with Crippen LogP contribution >= 0.6 is 0 Å². The van der Waals surface area contributed by atoms with Gasteiger partial charge in [-0.1, -0.05) is 6.58 Å². The maximum Gasteiger partial charge on any atom is 0.146 e. The third-order valence-electron chi connectivity index (χ3n) is 2.82. The van der Waals surface area contributed by atoms with Gasteiger partial charge in [-0.05, 0) is 12.0 Å². The molecule has 1 spiro atoms. The number of carbonyl (C=O) groups excluding carboxylic acids is 1. The third-order valence-corrected chi connectivity index (χ3v) is 2.82. The lowest BCUT2D eigenvalue weighted by Gasteiger charge is -2.57. The molecule has 0 N–H and O–H groups in total. The lowest BCUT2D eigenvalue weighted by Crippen LogP contribution is -2.70. The van der Waals surface area contributed by atoms with E-state index in [9.17, 15) is 4.79 Å². The molecule has 0 aromatic carbocycles. The quantitative estimate of drug-likeness (QED) is 0.444. The Hall–Kier alpha value is -0.670. The van der Waals surface area contributed by atoms with Crippen molar-refractivity contribution in [1.82, 2.24) is 4.90 Å². The molecule has 0 aliphatic carbocycles. The number of ether oxygens (including phenoxy) is 1. The Morgan fingerprint density at radius 2 is 2.42 bits per heavy atom. The second-order valence-corrected chi connectivity index (χ2v) is 3.66. The largest absolute Gasteiger partial charge is 0.377 e. The first-order valence-corrected chi connectivity index (χ1v) is 4.23. The van der Waals surface area contributed by atoms with Crippen molar-refractivity contribution in [1.29, 1.82) is 0 Å². The van der Waals surface area contributed by atoms with Crippen LogP contribution in [0.2, 0.25) is 0 Å². The lowest BCUT2D eigenvalue weighted by atomic mass is 9.82. The van der Waals surface area contributed by atoms with Gasteiger partial charge in [0.15, 0.2) is 0 Å². The van der Waals surface area contributed by atoms with Gasteiger partial charge in [-0.2, -0.15) is 0 Å². The Morgan fingerprint density at radius 3 is 2.75 bits per heavy atom. The average molecular weight is 167 g/mol. The fourth-order valence-electron chi connectivity index (χ4n) is 1.78. The van der Waals surface area contributed by atoms with Crippen molar-refractivity contribution in [3.05, 3.63) is 12.2 Å². The maximum atomic E-state index is 10.3. The van der Waals surface area contributed by atoms with E-state index in [1.165, 1.54) is 6.42 Å². The zero-order chi connectivity index (χ0) is 8.60. The van der Waals surface area contributed by atoms with Gasteiger partial charge in [0.2, 0.25) is 0 Å². The second-order valence-electron chi connectivity index (χ2n) is 3.66. The van der Waals surface area contributed by atoms with Crippen molar-refractivity contribution in [3.63, 3.8) is 0 Å². The molecule has 2 aliphatic rings. The molecule has 2 aliphatic heterocycles. The Morgan fingerprint density at radius 1 is 1.67 bits per heavy atom. The van der Waals surface area contributed by atoms with Crippen molar-refractivity contribution in [2.24, 2.45) is 0 Å². The van der Waals surface area contributed by atoms with Crippen molar-refractivity contribution in [3.8, 4) is 0 Å². The van der Waals surface area contributed by atoms with Crippen LogP contribution in [0.1, 0.15) is 6.42 Å². The summed E-state index contributed by atoms with van der Waals surface area (Å²) in [6, 6.07) is 0. The van der Waals surface area contributed by atoms with Crippen LogP contribution in [-0.4, -0.2) is 43.0 Å². The van der Waals surface area contributed by atoms with Gasteiger partial charge in [0.25, 0.3) is 0 Å². The third kappa shape index (κ3) is 1.01. The molecule has 0 amide bonds. The summed E-state index contributed by atoms with van der Waals surface area (Å²) in [5, 5.41) is 0. The van der Waals surface area contributed by atoms with Crippen LogP contribution < -0.4 is 0 Å². The Balaban J connectivity index is 1.89. The summed E-state index contributed by atoms with van der Waals surface area (Å²) in [4.78, 5) is 12.6. The normalized spacial score (nSPS) is 26.0. The predicted octanol–water partition coefficient (Wildman–Crippen LogP) is 0.216. The fourth-order valence-corrected chi connectivity index (χ4v) is 1.78. The van der Waals surface area contributed by atoms with Gasteiger partial charge in [-0.15, -0.1) is 0 Å². The van der Waals surface area contributed by atoms with Gasteiger partial charge in [0.1, 0.15) is 6.29 Å². The molecule has 0 bridgehead atoms. The first-order chi connectivity index (χ1) is 5.77. The van der Waals surface area contributed by atoms with E-state index in [0.717, 1.165) is 26.0 Å². The van der Waals surface area contributed by atoms with Crippen LogP contribution in [0.4, 0.5) is 0 Å². The number of carbonyl (C=O) groups is 1. The smallest absolute Gasteiger partial charge is 0.146 e. The van der Waals surface area contributed by atoms with Gasteiger partial charge in [0.05, 0.1) is 18.8 Å². The molecule has 12 heavy (non-hydrogen) atoms. The van der Waals surface area contributed by atoms with E-state index in [1.54, 1.807) is 0 Å². The highest BCUT2D eigenvalue weighted by Gasteiger charge is 2.50. The molecular weight excluding hydrogens is 154 g/mol. The molecule has 3 heteroatoms. The molecule has 2 fully saturated rings. The summed E-state index contributed by atoms with van der Waals surface area (Å²) >= 11 is 0. The molecular formula is C9H13NO2. The number of likely N-dealkylation sites (tertiary alicyclic amines) is 1. The minimum atomic E-state index is 0.284. The highest BCUT2D eigenvalue weighted by Crippen LogP contribution is 2.37. The highest BCUT2D eigenvalue weighted by atomic mass is 16.5. The van der Waals surface area contributed by atoms with E-state index in [1.807, 2.05) is 0 Å². The van der Waals surface area contributed by atoms with E-state index in [-0.39, 0.29) is 5.54 Å². The molecule has 2 rings (SSSR count). The molecule has 2 heterocycles. The molecule has 0 saturated carbocycles. The minimum absolute atomic E-state index is 0.284. The van der Waals surface area contributed by atoms with E-state index >= 15 is 0 Å². The topological polar surface area (TPSA) is 29.5 Å². The second kappa shape index (κ2) is 2.68. The van der Waals surface area contributed by atoms with Crippen molar-refractivity contribution < 1.29 is 9.53 Å². The number of aldehydes is 1. The van der Waals surface area contributed by atoms with E-state index < -0.39 is 0 Å². The van der Waals surface area contributed by atoms with E-state index in [0.29, 0.717) is 12.1 Å². The van der Waals surface area contributed by atoms with Crippen LogP contribution in [-0.2, 0) is 9.53 Å². The van der Waals surface area contributed by atoms with Crippen molar-refractivity contribution in [2.45, 2.75) is 12.0 Å². The molecule has 2 saturated heterocycles. The van der Waals surface area contributed by atoms with Crippen LogP contribution in [0.3, 0.4) is 0 Å². The van der Waals surface area contributed by atoms with Crippen LogP contribution in [0, 0.1) is 0 Å². The minimum Gasteiger partial charge on any atom is -0.377 e. The molecule has 0 aromatic rings. The van der Waals surface area contributed by atoms with Crippen molar-refractivity contribution >= 4 is 6.29 Å². The summed E-state index contributed by atoms with van der Waals surface area (Å²) in [6.07, 6.45) is 2.05. The fraction of sp³-hybridized carbons (Fsp3) is 0.667. The zero-order valence-corrected chi connectivity index (χ0v) is 7.08. The monoisotopic (exact) mass is 167 g/mol. The zero-order valence-electron chi connectivity index (χ0n) is 7.08. The molecule has 0 aromatic heterocycles. The Bertz CT molecular complexity index is 215. The van der Waals surface area contributed by atoms with Gasteiger partial charge < -0.3 is 4.74 Å². The van der Waals surface area contributed by atoms with E-state index in [4.69, 9.17) is 4.74 Å². The summed E-state index contributed by atoms with van der Waals surface area (Å²) in [5.41, 5.74) is 0.951. The summed E-state index contributed by atoms with van der Waals surface area (Å²) < 4.78 is 5.17. The predicted molar refractivity (Wildman–Crippen MR) is 44.9 cm³/mol. The number of hydrogen-bond acceptors (Lipinski definition) is 3. The molecule has 66 valence electrons. The van der Waals surface area contributed by atoms with Gasteiger partial charge in [0, 0.05) is 13.1 Å². The van der Waals surface area contributed by atoms with E-state index in [2.05, 4.69) is 11.5 Å². The summed E-state index contributed by atoms with van der Waals surface area (Å²) in [7, 11) is 0. The number of nitrogens with zero attached hydrogens (tertiary/aromatic N) is 1. The Kier molecular flexibility index (Phi) is 1.77. The van der Waals surface area contributed by atoms with Crippen LogP contribution in [0.15, 0.2) is 12.2 Å². The lowest BCUT2D eigenvalue weighted by molar-refractivity contribution is -0.188. The SMILES string of the molecule is C=C(C=O)CN1CCC12COC2. The van der Waals surface area contributed by atoms with Crippen LogP contribution in [0.5, 0.6) is 0 Å². The molecule has 0 radical (unpaired) electrons. The molecule has 0 atom stereocenters. The first-order valence-electron chi connectivity index (χ1n) is 4.23. The first kappa shape index (κ1) is 7.95. The summed E-state index contributed by atoms with van der Waals surface area (Å²) in [5.74, 6) is 0. The standard InChI is InChI=1S/C9H13NO2/c1-8(5-11)4-10-3-2-9(10)6-12-7-9/h5H,1-4,6-7H2. The van der Waals surface area contributed by atoms with Gasteiger partial charge in [-0.25, -0.2) is 0 Å². The Labute approximate surface area is 72.0 Å². The van der Waals surface area contributed by atoms with Gasteiger partial charge >= 0.3 is 0 Å². The maximum absolute atomic E-state index is 10.3.